The van der Waals surface area contributed by atoms with Gasteiger partial charge in [0, 0.05) is 0 Å². The quantitative estimate of drug-likeness (QED) is 0.280. The molecule has 3 aromatic rings. The molecule has 0 aliphatic heterocycles. The zero-order valence-electron chi connectivity index (χ0n) is 14.7. The lowest BCUT2D eigenvalue weighted by atomic mass is 10.2. The van der Waals surface area contributed by atoms with Crippen LogP contribution < -0.4 is 9.47 Å². The molecule has 0 aromatic heterocycles. The molecule has 0 aliphatic carbocycles. The number of benzene rings is 3. The van der Waals surface area contributed by atoms with Gasteiger partial charge in [-0.15, -0.1) is 0 Å². The Labute approximate surface area is 190 Å². The fraction of sp³-hybridized carbons (Fsp3) is 0. The van der Waals surface area contributed by atoms with Crippen LogP contribution in [-0.2, 0) is 0 Å². The van der Waals surface area contributed by atoms with E-state index in [1.807, 2.05) is 0 Å². The molecule has 3 rings (SSSR count). The largest absolute Gasteiger partial charge is 0.478 e. The van der Waals surface area contributed by atoms with Gasteiger partial charge in [0.15, 0.2) is 11.5 Å². The monoisotopic (exact) mass is 486 g/mol. The van der Waals surface area contributed by atoms with Gasteiger partial charge in [-0.3, -0.25) is 0 Å². The van der Waals surface area contributed by atoms with E-state index in [1.54, 1.807) is 0 Å². The lowest BCUT2D eigenvalue weighted by molar-refractivity contribution is 0.0686. The number of hydrogen-bond acceptors (Lipinski definition) is 4. The first kappa shape index (κ1) is 22.1. The van der Waals surface area contributed by atoms with Crippen molar-refractivity contribution in [1.29, 1.82) is 0 Å². The third kappa shape index (κ3) is 4.57. The zero-order chi connectivity index (χ0) is 22.0. The van der Waals surface area contributed by atoms with Gasteiger partial charge < -0.3 is 19.7 Å². The summed E-state index contributed by atoms with van der Waals surface area (Å²) in [5.74, 6) is -1.77. The molecule has 0 fully saturated rings. The Morgan fingerprint density at radius 3 is 1.20 bits per heavy atom. The molecule has 0 saturated heterocycles. The van der Waals surface area contributed by atoms with Gasteiger partial charge in [0.25, 0.3) is 0 Å². The molecule has 0 saturated carbocycles. The number of carboxylic acids is 2. The molecule has 30 heavy (non-hydrogen) atoms. The summed E-state index contributed by atoms with van der Waals surface area (Å²) in [7, 11) is 0. The molecule has 0 amide bonds. The Morgan fingerprint density at radius 2 is 0.900 bits per heavy atom. The molecule has 0 aliphatic rings. The lowest BCUT2D eigenvalue weighted by Gasteiger charge is -2.17. The highest BCUT2D eigenvalue weighted by Crippen LogP contribution is 2.52. The molecule has 3 aromatic carbocycles. The van der Waals surface area contributed by atoms with Crippen molar-refractivity contribution < 1.29 is 29.3 Å². The highest BCUT2D eigenvalue weighted by molar-refractivity contribution is 6.51. The highest BCUT2D eigenvalue weighted by Gasteiger charge is 2.24. The van der Waals surface area contributed by atoms with Crippen LogP contribution in [0.1, 0.15) is 20.7 Å². The van der Waals surface area contributed by atoms with Gasteiger partial charge in [-0.05, 0) is 48.5 Å². The summed E-state index contributed by atoms with van der Waals surface area (Å²) in [6, 6.07) is 11.1. The summed E-state index contributed by atoms with van der Waals surface area (Å²) < 4.78 is 11.4. The Kier molecular flexibility index (Phi) is 6.63. The van der Waals surface area contributed by atoms with Gasteiger partial charge in [-0.25, -0.2) is 9.59 Å². The van der Waals surface area contributed by atoms with Crippen molar-refractivity contribution in [3.8, 4) is 23.0 Å². The van der Waals surface area contributed by atoms with Crippen LogP contribution in [0.15, 0.2) is 48.5 Å². The Morgan fingerprint density at radius 1 is 0.567 bits per heavy atom. The predicted molar refractivity (Wildman–Crippen MR) is 113 cm³/mol. The molecule has 2 N–H and O–H groups in total. The van der Waals surface area contributed by atoms with Crippen LogP contribution in [0, 0.1) is 0 Å². The van der Waals surface area contributed by atoms with Gasteiger partial charge in [0.1, 0.15) is 26.6 Å². The third-order valence-electron chi connectivity index (χ3n) is 3.83. The average molecular weight is 488 g/mol. The summed E-state index contributed by atoms with van der Waals surface area (Å²) in [4.78, 5) is 21.9. The van der Waals surface area contributed by atoms with Crippen molar-refractivity contribution in [3.63, 3.8) is 0 Å². The first-order valence-electron chi connectivity index (χ1n) is 8.07. The van der Waals surface area contributed by atoms with Crippen LogP contribution in [0.3, 0.4) is 0 Å². The molecule has 154 valence electrons. The van der Waals surface area contributed by atoms with Gasteiger partial charge in [-0.1, -0.05) is 46.4 Å². The van der Waals surface area contributed by atoms with Crippen molar-refractivity contribution in [2.75, 3.05) is 0 Å². The molecule has 0 unspecified atom stereocenters. The van der Waals surface area contributed by atoms with Crippen LogP contribution in [0.2, 0.25) is 20.1 Å². The van der Waals surface area contributed by atoms with E-state index in [-0.39, 0.29) is 54.2 Å². The van der Waals surface area contributed by atoms with Crippen molar-refractivity contribution in [3.05, 3.63) is 79.7 Å². The van der Waals surface area contributed by atoms with Gasteiger partial charge >= 0.3 is 11.9 Å². The summed E-state index contributed by atoms with van der Waals surface area (Å²) in [5.41, 5.74) is 0.144. The number of aromatic carboxylic acids is 2. The van der Waals surface area contributed by atoms with Gasteiger partial charge in [0.2, 0.25) is 0 Å². The third-order valence-corrected chi connectivity index (χ3v) is 5.46. The maximum atomic E-state index is 11.0. The van der Waals surface area contributed by atoms with E-state index in [9.17, 15) is 9.59 Å². The van der Waals surface area contributed by atoms with Crippen molar-refractivity contribution in [1.82, 2.24) is 0 Å². The van der Waals surface area contributed by atoms with Crippen LogP contribution in [-0.4, -0.2) is 22.2 Å². The summed E-state index contributed by atoms with van der Waals surface area (Å²) >= 11 is 25.0. The first-order valence-corrected chi connectivity index (χ1v) is 9.58. The molecule has 0 spiro atoms. The van der Waals surface area contributed by atoms with E-state index in [2.05, 4.69) is 0 Å². The maximum Gasteiger partial charge on any atom is 0.335 e. The SMILES string of the molecule is O=C(O)c1ccc(Oc2c(Cl)c(Cl)c(Cl)c(Oc3ccc(C(=O)O)cc3)c2Cl)cc1. The Hall–Kier alpha value is -2.64. The molecular formula is C20H10Cl4O6. The van der Waals surface area contributed by atoms with Crippen molar-refractivity contribution in [2.24, 2.45) is 0 Å². The van der Waals surface area contributed by atoms with Crippen molar-refractivity contribution >= 4 is 58.3 Å². The number of halogens is 4. The molecule has 0 atom stereocenters. The maximum absolute atomic E-state index is 11.0. The minimum atomic E-state index is -1.09. The van der Waals surface area contributed by atoms with E-state index in [4.69, 9.17) is 66.1 Å². The molecular weight excluding hydrogens is 478 g/mol. The predicted octanol–water partition coefficient (Wildman–Crippen LogP) is 7.28. The number of carbonyl (C=O) groups is 2. The van der Waals surface area contributed by atoms with Crippen LogP contribution in [0.4, 0.5) is 0 Å². The lowest BCUT2D eigenvalue weighted by Crippen LogP contribution is -1.97. The minimum Gasteiger partial charge on any atom is -0.478 e. The summed E-state index contributed by atoms with van der Waals surface area (Å²) in [6.45, 7) is 0. The number of hydrogen-bond donors (Lipinski definition) is 2. The molecule has 0 bridgehead atoms. The van der Waals surface area contributed by atoms with E-state index in [0.29, 0.717) is 0 Å². The molecule has 0 radical (unpaired) electrons. The normalized spacial score (nSPS) is 10.5. The number of rotatable bonds is 6. The second-order valence-electron chi connectivity index (χ2n) is 5.78. The van der Waals surface area contributed by atoms with Gasteiger partial charge in [-0.2, -0.15) is 0 Å². The minimum absolute atomic E-state index is 0.0482. The smallest absolute Gasteiger partial charge is 0.335 e. The van der Waals surface area contributed by atoms with Crippen LogP contribution in [0.5, 0.6) is 23.0 Å². The van der Waals surface area contributed by atoms with Crippen LogP contribution >= 0.6 is 46.4 Å². The highest BCUT2D eigenvalue weighted by atomic mass is 35.5. The summed E-state index contributed by atoms with van der Waals surface area (Å²) in [5, 5.41) is 17.7. The van der Waals surface area contributed by atoms with E-state index >= 15 is 0 Å². The second-order valence-corrected chi connectivity index (χ2v) is 7.29. The molecule has 10 heteroatoms. The van der Waals surface area contributed by atoms with Crippen LogP contribution in [0.25, 0.3) is 0 Å². The number of ether oxygens (including phenoxy) is 2. The zero-order valence-corrected chi connectivity index (χ0v) is 17.7. The Bertz CT molecular complexity index is 1040. The topological polar surface area (TPSA) is 93.1 Å². The van der Waals surface area contributed by atoms with E-state index in [0.717, 1.165) is 0 Å². The second kappa shape index (κ2) is 9.02. The van der Waals surface area contributed by atoms with Crippen molar-refractivity contribution in [2.45, 2.75) is 0 Å². The molecule has 6 nitrogen and oxygen atoms in total. The summed E-state index contributed by atoms with van der Waals surface area (Å²) in [6.07, 6.45) is 0. The van der Waals surface area contributed by atoms with Gasteiger partial charge in [0.05, 0.1) is 16.1 Å². The Balaban J connectivity index is 1.97. The van der Waals surface area contributed by atoms with E-state index < -0.39 is 11.9 Å². The fourth-order valence-electron chi connectivity index (χ4n) is 2.34. The first-order chi connectivity index (χ1) is 14.2. The average Bonchev–Trinajstić information content (AvgIpc) is 2.73. The standard InChI is InChI=1S/C20H10Cl4O6/c21-13-14(22)17(29-11-5-1-9(2-6-11)19(25)26)16(24)18(15(13)23)30-12-7-3-10(4-8-12)20(27)28/h1-8H,(H,25,26)(H,27,28). The molecule has 0 heterocycles. The van der Waals surface area contributed by atoms with E-state index in [1.165, 1.54) is 48.5 Å². The number of carboxylic acid groups (broad SMARTS) is 2. The fourth-order valence-corrected chi connectivity index (χ4v) is 3.38.